The Balaban J connectivity index is 2.73. The summed E-state index contributed by atoms with van der Waals surface area (Å²) in [6.07, 6.45) is -2.66. The second-order valence-electron chi connectivity index (χ2n) is 3.77. The Kier molecular flexibility index (Phi) is 2.77. The van der Waals surface area contributed by atoms with Gasteiger partial charge in [-0.1, -0.05) is 30.2 Å². The third-order valence-electron chi connectivity index (χ3n) is 2.41. The fraction of sp³-hybridized carbons (Fsp3) is 0.0714. The molecule has 0 fully saturated rings. The normalized spacial score (nSPS) is 15.2. The maximum Gasteiger partial charge on any atom is 0.349 e. The summed E-state index contributed by atoms with van der Waals surface area (Å²) < 4.78 is 109. The van der Waals surface area contributed by atoms with Gasteiger partial charge in [0.25, 0.3) is 0 Å². The van der Waals surface area contributed by atoms with Crippen LogP contribution in [-0.4, -0.2) is 11.1 Å². The molecule has 0 aliphatic heterocycles. The van der Waals surface area contributed by atoms with Crippen molar-refractivity contribution in [2.45, 2.75) is 6.10 Å². The minimum atomic E-state index is -2.66. The Morgan fingerprint density at radius 2 is 1.41 bits per heavy atom. The van der Waals surface area contributed by atoms with E-state index >= 15 is 0 Å². The number of aliphatic carboxylic acids is 1. The number of carbonyl (C=O) groups is 1. The Hall–Kier alpha value is -2.64. The van der Waals surface area contributed by atoms with E-state index < -0.39 is 82.7 Å². The van der Waals surface area contributed by atoms with Crippen LogP contribution in [0.2, 0.25) is 0 Å². The van der Waals surface area contributed by atoms with Crippen molar-refractivity contribution < 1.29 is 43.4 Å². The van der Waals surface area contributed by atoms with E-state index in [1.807, 2.05) is 0 Å². The van der Waals surface area contributed by atoms with Crippen LogP contribution >= 0.6 is 0 Å². The minimum Gasteiger partial charge on any atom is -0.478 e. The lowest BCUT2D eigenvalue weighted by atomic mass is 10.1. The van der Waals surface area contributed by atoms with Gasteiger partial charge < -0.3 is 9.84 Å². The zero-order valence-electron chi connectivity index (χ0n) is 15.2. The molecule has 0 aliphatic rings. The Labute approximate surface area is 127 Å². The van der Waals surface area contributed by atoms with Crippen LogP contribution in [0.5, 0.6) is 5.75 Å². The molecule has 0 saturated heterocycles. The summed E-state index contributed by atoms with van der Waals surface area (Å²) in [5.41, 5.74) is -1.06. The van der Waals surface area contributed by atoms with E-state index in [0.717, 1.165) is 0 Å². The van der Waals surface area contributed by atoms with Gasteiger partial charge in [0.15, 0.2) is 5.75 Å². The summed E-state index contributed by atoms with van der Waals surface area (Å²) in [5.74, 6) is -16.4. The number of hydrogen-bond acceptors (Lipinski definition) is 2. The van der Waals surface area contributed by atoms with E-state index in [1.165, 1.54) is 0 Å². The largest absolute Gasteiger partial charge is 0.478 e. The molecule has 1 N–H and O–H groups in total. The van der Waals surface area contributed by atoms with Crippen LogP contribution < -0.4 is 4.74 Å². The van der Waals surface area contributed by atoms with Gasteiger partial charge in [-0.15, -0.1) is 0 Å². The summed E-state index contributed by atoms with van der Waals surface area (Å²) in [6, 6.07) is -5.04. The zero-order valence-corrected chi connectivity index (χ0v) is 10.2. The van der Waals surface area contributed by atoms with Crippen LogP contribution in [0.25, 0.3) is 0 Å². The molecule has 0 bridgehead atoms. The van der Waals surface area contributed by atoms with Crippen LogP contribution in [-0.2, 0) is 4.79 Å². The molecule has 22 heavy (non-hydrogen) atoms. The number of halogens is 5. The van der Waals surface area contributed by atoms with Gasteiger partial charge in [-0.25, -0.2) is 18.0 Å². The molecule has 0 amide bonds. The highest BCUT2D eigenvalue weighted by Crippen LogP contribution is 2.32. The van der Waals surface area contributed by atoms with E-state index in [9.17, 15) is 31.9 Å². The average molecular weight is 323 g/mol. The number of carboxylic acids is 1. The first-order chi connectivity index (χ1) is 12.4. The van der Waals surface area contributed by atoms with Gasteiger partial charge in [0, 0.05) is 5.56 Å². The number of carboxylic acid groups (broad SMARTS) is 1. The SMILES string of the molecule is [2H]c1c([2H])c([2H])c([C@H](Oc2c(F)c(F)c(F)c(F)c2F)C(=O)O)c([2H])c1[2H]. The summed E-state index contributed by atoms with van der Waals surface area (Å²) in [7, 11) is 0. The molecule has 0 spiro atoms. The van der Waals surface area contributed by atoms with Crippen molar-refractivity contribution in [3.63, 3.8) is 0 Å². The summed E-state index contributed by atoms with van der Waals surface area (Å²) in [5, 5.41) is 9.20. The molecule has 8 heteroatoms. The van der Waals surface area contributed by atoms with Gasteiger partial charge in [-0.2, -0.15) is 8.78 Å². The van der Waals surface area contributed by atoms with Crippen molar-refractivity contribution in [2.24, 2.45) is 0 Å². The van der Waals surface area contributed by atoms with Crippen molar-refractivity contribution in [1.82, 2.24) is 0 Å². The molecular formula is C14H7F5O3. The molecule has 0 heterocycles. The molecule has 116 valence electrons. The average Bonchev–Trinajstić information content (AvgIpc) is 2.63. The molecule has 0 saturated carbocycles. The molecule has 3 nitrogen and oxygen atoms in total. The fourth-order valence-corrected chi connectivity index (χ4v) is 1.43. The van der Waals surface area contributed by atoms with E-state index in [2.05, 4.69) is 4.74 Å². The first-order valence-corrected chi connectivity index (χ1v) is 5.39. The number of benzene rings is 2. The van der Waals surface area contributed by atoms with Gasteiger partial charge in [0.05, 0.1) is 6.85 Å². The standard InChI is InChI=1S/C14H7F5O3/c15-7-8(16)10(18)13(11(19)9(7)17)22-12(14(20)21)6-4-2-1-3-5-6/h1-5,12H,(H,20,21)/t12-/m0/s1/i1D,2D,3D,4D,5D. The lowest BCUT2D eigenvalue weighted by Crippen LogP contribution is -2.20. The topological polar surface area (TPSA) is 46.5 Å². The number of hydrogen-bond donors (Lipinski definition) is 1. The smallest absolute Gasteiger partial charge is 0.349 e. The first kappa shape index (κ1) is 10.1. The lowest BCUT2D eigenvalue weighted by molar-refractivity contribution is -0.145. The molecule has 2 aromatic carbocycles. The van der Waals surface area contributed by atoms with Gasteiger partial charge in [0.2, 0.25) is 35.2 Å². The summed E-state index contributed by atoms with van der Waals surface area (Å²) in [4.78, 5) is 11.4. The summed E-state index contributed by atoms with van der Waals surface area (Å²) in [6.45, 7) is 0. The molecule has 2 aromatic rings. The second kappa shape index (κ2) is 6.00. The number of rotatable bonds is 4. The van der Waals surface area contributed by atoms with E-state index in [4.69, 9.17) is 6.85 Å². The molecular weight excluding hydrogens is 311 g/mol. The molecule has 0 aromatic heterocycles. The molecule has 1 atom stereocenters. The third-order valence-corrected chi connectivity index (χ3v) is 2.41. The van der Waals surface area contributed by atoms with Gasteiger partial charge >= 0.3 is 5.97 Å². The molecule has 2 rings (SSSR count). The second-order valence-corrected chi connectivity index (χ2v) is 3.77. The van der Waals surface area contributed by atoms with Crippen LogP contribution in [0.1, 0.15) is 18.5 Å². The fourth-order valence-electron chi connectivity index (χ4n) is 1.43. The Morgan fingerprint density at radius 1 is 0.955 bits per heavy atom. The molecule has 0 aliphatic carbocycles. The van der Waals surface area contributed by atoms with Gasteiger partial charge in [-0.05, 0) is 0 Å². The van der Waals surface area contributed by atoms with Crippen molar-refractivity contribution in [1.29, 1.82) is 0 Å². The molecule has 0 unspecified atom stereocenters. The Bertz CT molecular complexity index is 911. The van der Waals surface area contributed by atoms with Crippen LogP contribution in [0.15, 0.2) is 30.2 Å². The van der Waals surface area contributed by atoms with E-state index in [1.54, 1.807) is 0 Å². The van der Waals surface area contributed by atoms with Crippen molar-refractivity contribution in [3.8, 4) is 5.75 Å². The maximum absolute atomic E-state index is 13.7. The van der Waals surface area contributed by atoms with E-state index in [-0.39, 0.29) is 0 Å². The Morgan fingerprint density at radius 3 is 1.86 bits per heavy atom. The first-order valence-electron chi connectivity index (χ1n) is 7.89. The predicted molar refractivity (Wildman–Crippen MR) is 63.7 cm³/mol. The highest BCUT2D eigenvalue weighted by atomic mass is 19.2. The van der Waals surface area contributed by atoms with Crippen LogP contribution in [0.3, 0.4) is 0 Å². The van der Waals surface area contributed by atoms with Crippen LogP contribution in [0.4, 0.5) is 22.0 Å². The van der Waals surface area contributed by atoms with E-state index in [0.29, 0.717) is 0 Å². The highest BCUT2D eigenvalue weighted by molar-refractivity contribution is 5.74. The zero-order chi connectivity index (χ0) is 20.8. The van der Waals surface area contributed by atoms with Crippen molar-refractivity contribution in [3.05, 3.63) is 64.9 Å². The van der Waals surface area contributed by atoms with Crippen LogP contribution in [0, 0.1) is 29.1 Å². The molecule has 0 radical (unpaired) electrons. The van der Waals surface area contributed by atoms with Crippen molar-refractivity contribution in [2.75, 3.05) is 0 Å². The highest BCUT2D eigenvalue weighted by Gasteiger charge is 2.31. The summed E-state index contributed by atoms with van der Waals surface area (Å²) >= 11 is 0. The van der Waals surface area contributed by atoms with Gasteiger partial charge in [0.1, 0.15) is 0 Å². The number of ether oxygens (including phenoxy) is 1. The van der Waals surface area contributed by atoms with Crippen molar-refractivity contribution >= 4 is 5.97 Å². The maximum atomic E-state index is 13.7. The monoisotopic (exact) mass is 323 g/mol. The van der Waals surface area contributed by atoms with Gasteiger partial charge in [-0.3, -0.25) is 0 Å². The quantitative estimate of drug-likeness (QED) is 0.531. The minimum absolute atomic E-state index is 0.894. The third kappa shape index (κ3) is 2.72. The lowest BCUT2D eigenvalue weighted by Gasteiger charge is -2.17. The predicted octanol–water partition coefficient (Wildman–Crippen LogP) is 3.59.